The first-order valence-electron chi connectivity index (χ1n) is 17.8. The molecule has 232 valence electrons. The van der Waals surface area contributed by atoms with Gasteiger partial charge in [0, 0.05) is 0 Å². The largest absolute Gasteiger partial charge is 0.147 e. The third-order valence-corrected chi connectivity index (χ3v) is 38.1. The fourth-order valence-corrected chi connectivity index (χ4v) is 47.5. The minimum Gasteiger partial charge on any atom is -0.147 e. The van der Waals surface area contributed by atoms with E-state index in [0.717, 1.165) is 26.5 Å². The van der Waals surface area contributed by atoms with Crippen molar-refractivity contribution in [3.05, 3.63) is 106 Å². The molecule has 0 N–H and O–H groups in total. The maximum atomic E-state index is 2.82. The summed E-state index contributed by atoms with van der Waals surface area (Å²) in [5, 5.41) is 5.92. The van der Waals surface area contributed by atoms with Gasteiger partial charge in [-0.3, -0.25) is 0 Å². The minimum absolute atomic E-state index is 0. The van der Waals surface area contributed by atoms with Crippen molar-refractivity contribution in [2.24, 2.45) is 11.8 Å². The van der Waals surface area contributed by atoms with Crippen LogP contribution in [-0.4, -0.2) is 0 Å². The molecular weight excluding hydrogens is 754 g/mol. The Hall–Kier alpha value is -1.67. The van der Waals surface area contributed by atoms with Crippen molar-refractivity contribution in [1.82, 2.24) is 0 Å². The van der Waals surface area contributed by atoms with Crippen molar-refractivity contribution in [3.63, 3.8) is 0 Å². The first-order valence-corrected chi connectivity index (χ1v) is 26.1. The van der Waals surface area contributed by atoms with E-state index in [0.29, 0.717) is 0 Å². The van der Waals surface area contributed by atoms with E-state index < -0.39 is 20.0 Å². The van der Waals surface area contributed by atoms with Crippen molar-refractivity contribution in [3.8, 4) is 0 Å². The summed E-state index contributed by atoms with van der Waals surface area (Å²) in [5.74, 6) is 1.65. The van der Waals surface area contributed by atoms with Crippen LogP contribution in [0.15, 0.2) is 83.9 Å². The summed E-state index contributed by atoms with van der Waals surface area (Å²) in [6, 6.07) is 28.9. The van der Waals surface area contributed by atoms with Crippen LogP contribution < -0.4 is 0 Å². The van der Waals surface area contributed by atoms with E-state index in [4.69, 9.17) is 0 Å². The fourth-order valence-electron chi connectivity index (χ4n) is 11.9. The number of hydrogen-bond acceptors (Lipinski definition) is 0. The topological polar surface area (TPSA) is 0 Å². The average Bonchev–Trinajstić information content (AvgIpc) is 3.72. The van der Waals surface area contributed by atoms with Crippen molar-refractivity contribution < 1.29 is 20.0 Å². The molecule has 4 unspecified atom stereocenters. The summed E-state index contributed by atoms with van der Waals surface area (Å²) in [7, 11) is 0. The maximum absolute atomic E-state index is 3.17. The van der Waals surface area contributed by atoms with E-state index >= 15 is 0 Å². The van der Waals surface area contributed by atoms with Gasteiger partial charge in [-0.05, 0) is 0 Å². The van der Waals surface area contributed by atoms with Crippen LogP contribution in [0.4, 0.5) is 0 Å². The minimum atomic E-state index is -3.17. The predicted molar refractivity (Wildman–Crippen MR) is 194 cm³/mol. The molecule has 5 aliphatic carbocycles. The Morgan fingerprint density at radius 2 is 0.844 bits per heavy atom. The standard InChI is InChI=1S/2C18H17.C6H10.2ClH.Hf/c2*1-2-6-13(5-1)16-11-15-10-9-14-7-3-4-8-17(14)18(15)12-16;1-2-4-6-5-3-1;;;/h2*3-4,7-13H,1-2,5-6H2;1-2H,3-6H2;2*1H;. The molecule has 1 heterocycles. The Kier molecular flexibility index (Phi) is 8.03. The van der Waals surface area contributed by atoms with Crippen molar-refractivity contribution in [2.75, 3.05) is 0 Å². The number of hydrogen-bond donors (Lipinski definition) is 0. The van der Waals surface area contributed by atoms with Crippen LogP contribution >= 0.6 is 24.8 Å². The summed E-state index contributed by atoms with van der Waals surface area (Å²) < 4.78 is 3.77. The van der Waals surface area contributed by atoms with Crippen molar-refractivity contribution in [2.45, 2.75) is 91.7 Å². The SMILES string of the molecule is C1=C(C2CCCC2)[CH]([Hf]2([CH]3C(C4CCCC4)=Cc4c3ccc3ccccc43)[CH]3CCCC[CH]32)c2ccc3ccccc3c21.Cl.Cl. The summed E-state index contributed by atoms with van der Waals surface area (Å²) in [4.78, 5) is 0. The third-order valence-electron chi connectivity index (χ3n) is 13.5. The molecule has 1 saturated heterocycles. The van der Waals surface area contributed by atoms with Gasteiger partial charge in [-0.2, -0.15) is 0 Å². The van der Waals surface area contributed by atoms with Gasteiger partial charge < -0.3 is 0 Å². The van der Waals surface area contributed by atoms with E-state index in [9.17, 15) is 0 Å². The number of fused-ring (bicyclic) bond motifs is 7. The third kappa shape index (κ3) is 4.38. The summed E-state index contributed by atoms with van der Waals surface area (Å²) in [5.41, 5.74) is 10.7. The Morgan fingerprint density at radius 3 is 1.29 bits per heavy atom. The van der Waals surface area contributed by atoms with Crippen LogP contribution in [0.5, 0.6) is 0 Å². The number of allylic oxidation sites excluding steroid dienone is 2. The van der Waals surface area contributed by atoms with Gasteiger partial charge in [-0.1, -0.05) is 0 Å². The van der Waals surface area contributed by atoms with Gasteiger partial charge in [-0.15, -0.1) is 24.8 Å². The molecule has 4 fully saturated rings. The second-order valence-corrected chi connectivity index (χ2v) is 31.9. The van der Waals surface area contributed by atoms with E-state index in [1.807, 2.05) is 11.1 Å². The number of halogens is 2. The first kappa shape index (κ1) is 30.7. The summed E-state index contributed by atoms with van der Waals surface area (Å²) >= 11 is -3.17. The van der Waals surface area contributed by atoms with E-state index in [1.54, 1.807) is 35.1 Å². The van der Waals surface area contributed by atoms with E-state index in [1.165, 1.54) is 85.8 Å². The van der Waals surface area contributed by atoms with Crippen LogP contribution in [-0.2, 0) is 20.0 Å². The molecule has 0 amide bonds. The quantitative estimate of drug-likeness (QED) is 0.180. The van der Waals surface area contributed by atoms with Crippen LogP contribution in [0.2, 0.25) is 7.35 Å². The Morgan fingerprint density at radius 1 is 0.444 bits per heavy atom. The van der Waals surface area contributed by atoms with Crippen molar-refractivity contribution >= 4 is 58.5 Å². The molecule has 4 aromatic carbocycles. The maximum Gasteiger partial charge on any atom is -0.147 e. The van der Waals surface area contributed by atoms with Gasteiger partial charge in [0.25, 0.3) is 0 Å². The van der Waals surface area contributed by atoms with Crippen LogP contribution in [0, 0.1) is 11.8 Å². The second-order valence-electron chi connectivity index (χ2n) is 15.2. The molecule has 6 aliphatic rings. The summed E-state index contributed by atoms with van der Waals surface area (Å²) in [6.45, 7) is 0. The zero-order valence-corrected chi connectivity index (χ0v) is 31.6. The molecule has 0 bridgehead atoms. The molecule has 45 heavy (non-hydrogen) atoms. The number of benzene rings is 4. The molecular formula is C42H46Cl2Hf. The summed E-state index contributed by atoms with van der Waals surface area (Å²) in [6.07, 6.45) is 23.2. The molecule has 10 rings (SSSR count). The van der Waals surface area contributed by atoms with Gasteiger partial charge >= 0.3 is 263 Å². The smallest absolute Gasteiger partial charge is 0.147 e. The van der Waals surface area contributed by atoms with Crippen LogP contribution in [0.1, 0.15) is 107 Å². The fraction of sp³-hybridized carbons (Fsp3) is 0.429. The second kappa shape index (κ2) is 11.8. The van der Waals surface area contributed by atoms with Gasteiger partial charge in [-0.25, -0.2) is 0 Å². The molecule has 4 atom stereocenters. The predicted octanol–water partition coefficient (Wildman–Crippen LogP) is 13.1. The molecule has 0 aromatic heterocycles. The van der Waals surface area contributed by atoms with Gasteiger partial charge in [0.15, 0.2) is 0 Å². The molecule has 3 heteroatoms. The van der Waals surface area contributed by atoms with Crippen LogP contribution in [0.3, 0.4) is 0 Å². The number of rotatable bonds is 4. The molecule has 4 aromatic rings. The van der Waals surface area contributed by atoms with Crippen LogP contribution in [0.25, 0.3) is 33.7 Å². The van der Waals surface area contributed by atoms with Gasteiger partial charge in [0.2, 0.25) is 0 Å². The van der Waals surface area contributed by atoms with E-state index in [-0.39, 0.29) is 24.8 Å². The molecule has 0 spiro atoms. The van der Waals surface area contributed by atoms with Gasteiger partial charge in [0.1, 0.15) is 0 Å². The Labute approximate surface area is 286 Å². The molecule has 1 aliphatic heterocycles. The first-order chi connectivity index (χ1) is 21.3. The monoisotopic (exact) mass is 800 g/mol. The zero-order chi connectivity index (χ0) is 28.1. The molecule has 0 nitrogen and oxygen atoms in total. The normalized spacial score (nSPS) is 30.3. The Bertz CT molecular complexity index is 1700. The zero-order valence-electron chi connectivity index (χ0n) is 26.3. The average molecular weight is 800 g/mol. The Balaban J connectivity index is 0.00000150. The van der Waals surface area contributed by atoms with Crippen molar-refractivity contribution in [1.29, 1.82) is 0 Å². The molecule has 3 saturated carbocycles. The van der Waals surface area contributed by atoms with Gasteiger partial charge in [0.05, 0.1) is 0 Å². The van der Waals surface area contributed by atoms with E-state index in [2.05, 4.69) is 84.9 Å². The molecule has 0 radical (unpaired) electrons.